The van der Waals surface area contributed by atoms with Crippen molar-refractivity contribution in [1.82, 2.24) is 0 Å². The maximum absolute atomic E-state index is 12.4. The number of rotatable bonds is 4. The van der Waals surface area contributed by atoms with E-state index in [0.29, 0.717) is 0 Å². The van der Waals surface area contributed by atoms with Crippen molar-refractivity contribution in [3.05, 3.63) is 56.0 Å². The fraction of sp³-hybridized carbons (Fsp3) is 0.333. The molecule has 1 aliphatic rings. The Morgan fingerprint density at radius 2 is 2.05 bits per heavy atom. The van der Waals surface area contributed by atoms with Crippen LogP contribution in [-0.2, 0) is 19.4 Å². The Morgan fingerprint density at radius 1 is 1.29 bits per heavy atom. The molecule has 3 rings (SSSR count). The van der Waals surface area contributed by atoms with Gasteiger partial charge in [0, 0.05) is 12.5 Å². The van der Waals surface area contributed by atoms with Crippen molar-refractivity contribution in [3.63, 3.8) is 0 Å². The standard InChI is InChI=1S/C15H15N2O3S/c18-14(11-5-1-2-6-12(11)17(19)20)9-16-10-21-15-8-4-3-7-13(15)16/h1-2,5-6,10H,3-4,7-9H2/q+1. The number of thiazole rings is 1. The van der Waals surface area contributed by atoms with Gasteiger partial charge in [-0.2, -0.15) is 4.57 Å². The van der Waals surface area contributed by atoms with Gasteiger partial charge < -0.3 is 0 Å². The summed E-state index contributed by atoms with van der Waals surface area (Å²) in [6, 6.07) is 6.14. The summed E-state index contributed by atoms with van der Waals surface area (Å²) >= 11 is 1.68. The van der Waals surface area contributed by atoms with Gasteiger partial charge in [0.25, 0.3) is 5.69 Å². The van der Waals surface area contributed by atoms with E-state index >= 15 is 0 Å². The number of aromatic nitrogens is 1. The van der Waals surface area contributed by atoms with Gasteiger partial charge in [-0.15, -0.1) is 0 Å². The Hall–Kier alpha value is -2.08. The second-order valence-corrected chi connectivity index (χ2v) is 6.06. The summed E-state index contributed by atoms with van der Waals surface area (Å²) in [5, 5.41) is 11.0. The van der Waals surface area contributed by atoms with Crippen molar-refractivity contribution in [3.8, 4) is 0 Å². The van der Waals surface area contributed by atoms with Gasteiger partial charge in [-0.3, -0.25) is 14.9 Å². The zero-order chi connectivity index (χ0) is 14.8. The molecule has 2 aromatic rings. The predicted molar refractivity (Wildman–Crippen MR) is 78.6 cm³/mol. The molecular formula is C15H15N2O3S+. The molecule has 1 aromatic carbocycles. The number of carbonyl (C=O) groups excluding carboxylic acids is 1. The first-order valence-corrected chi connectivity index (χ1v) is 7.80. The Bertz CT molecular complexity index is 709. The van der Waals surface area contributed by atoms with Crippen LogP contribution in [0.15, 0.2) is 29.8 Å². The van der Waals surface area contributed by atoms with Crippen LogP contribution in [0.3, 0.4) is 0 Å². The van der Waals surface area contributed by atoms with E-state index in [1.165, 1.54) is 29.1 Å². The van der Waals surface area contributed by atoms with Crippen LogP contribution >= 0.6 is 11.3 Å². The summed E-state index contributed by atoms with van der Waals surface area (Å²) in [5.41, 5.74) is 3.25. The monoisotopic (exact) mass is 303 g/mol. The summed E-state index contributed by atoms with van der Waals surface area (Å²) < 4.78 is 1.96. The molecule has 0 aliphatic heterocycles. The second-order valence-electron chi connectivity index (χ2n) is 5.13. The SMILES string of the molecule is O=C(C[n+]1csc2c1CCCC2)c1ccccc1[N+](=O)[O-]. The van der Waals surface area contributed by atoms with Crippen molar-refractivity contribution in [2.24, 2.45) is 0 Å². The lowest BCUT2D eigenvalue weighted by Crippen LogP contribution is -2.40. The number of Topliss-reactive ketones (excluding diaryl/α,β-unsaturated/α-hetero) is 1. The minimum absolute atomic E-state index is 0.118. The van der Waals surface area contributed by atoms with Gasteiger partial charge in [-0.05, 0) is 25.3 Å². The normalized spacial score (nSPS) is 13.7. The molecule has 0 unspecified atom stereocenters. The molecule has 0 amide bonds. The number of carbonyl (C=O) groups is 1. The zero-order valence-electron chi connectivity index (χ0n) is 11.4. The average molecular weight is 303 g/mol. The van der Waals surface area contributed by atoms with E-state index in [0.717, 1.165) is 19.3 Å². The number of hydrogen-bond acceptors (Lipinski definition) is 4. The van der Waals surface area contributed by atoms with Crippen molar-refractivity contribution in [1.29, 1.82) is 0 Å². The lowest BCUT2D eigenvalue weighted by atomic mass is 10.0. The topological polar surface area (TPSA) is 64.1 Å². The molecule has 6 heteroatoms. The van der Waals surface area contributed by atoms with Crippen LogP contribution in [0.4, 0.5) is 5.69 Å². The molecule has 1 aromatic heterocycles. The van der Waals surface area contributed by atoms with Crippen LogP contribution in [0.25, 0.3) is 0 Å². The number of aryl methyl sites for hydroxylation is 1. The minimum atomic E-state index is -0.499. The van der Waals surface area contributed by atoms with Crippen molar-refractivity contribution < 1.29 is 14.3 Å². The smallest absolute Gasteiger partial charge is 0.280 e. The molecule has 0 atom stereocenters. The number of nitrogens with zero attached hydrogens (tertiary/aromatic N) is 2. The molecule has 0 N–H and O–H groups in total. The molecule has 1 heterocycles. The molecule has 1 aliphatic carbocycles. The molecule has 108 valence electrons. The minimum Gasteiger partial charge on any atom is -0.287 e. The first-order chi connectivity index (χ1) is 10.2. The van der Waals surface area contributed by atoms with Gasteiger partial charge in [-0.1, -0.05) is 23.5 Å². The van der Waals surface area contributed by atoms with Crippen LogP contribution < -0.4 is 4.57 Å². The first-order valence-electron chi connectivity index (χ1n) is 6.92. The highest BCUT2D eigenvalue weighted by atomic mass is 32.1. The van der Waals surface area contributed by atoms with Crippen LogP contribution in [0.5, 0.6) is 0 Å². The number of nitro benzene ring substituents is 1. The highest BCUT2D eigenvalue weighted by Gasteiger charge is 2.27. The van der Waals surface area contributed by atoms with Gasteiger partial charge in [-0.25, -0.2) is 0 Å². The van der Waals surface area contributed by atoms with Crippen LogP contribution in [0.1, 0.15) is 33.8 Å². The summed E-state index contributed by atoms with van der Waals surface area (Å²) in [7, 11) is 0. The molecule has 0 fully saturated rings. The van der Waals surface area contributed by atoms with Gasteiger partial charge in [0.1, 0.15) is 5.56 Å². The molecule has 0 spiro atoms. The van der Waals surface area contributed by atoms with E-state index in [1.54, 1.807) is 23.5 Å². The van der Waals surface area contributed by atoms with E-state index in [1.807, 2.05) is 10.1 Å². The average Bonchev–Trinajstić information content (AvgIpc) is 2.90. The third-order valence-corrected chi connectivity index (χ3v) is 4.86. The highest BCUT2D eigenvalue weighted by molar-refractivity contribution is 7.09. The zero-order valence-corrected chi connectivity index (χ0v) is 12.3. The van der Waals surface area contributed by atoms with E-state index in [-0.39, 0.29) is 23.6 Å². The Labute approximate surface area is 126 Å². The summed E-state index contributed by atoms with van der Waals surface area (Å²) in [4.78, 5) is 24.3. The van der Waals surface area contributed by atoms with Crippen LogP contribution in [0.2, 0.25) is 0 Å². The Kier molecular flexibility index (Phi) is 3.79. The van der Waals surface area contributed by atoms with Crippen molar-refractivity contribution >= 4 is 22.8 Å². The fourth-order valence-corrected chi connectivity index (χ4v) is 3.80. The maximum atomic E-state index is 12.4. The van der Waals surface area contributed by atoms with Crippen LogP contribution in [0, 0.1) is 10.1 Å². The first kappa shape index (κ1) is 13.9. The molecule has 0 saturated carbocycles. The number of hydrogen-bond donors (Lipinski definition) is 0. The molecule has 0 bridgehead atoms. The fourth-order valence-electron chi connectivity index (χ4n) is 2.72. The molecular weight excluding hydrogens is 288 g/mol. The number of benzene rings is 1. The summed E-state index contributed by atoms with van der Waals surface area (Å²) in [6.07, 6.45) is 4.41. The van der Waals surface area contributed by atoms with Gasteiger partial charge in [0.15, 0.2) is 5.69 Å². The van der Waals surface area contributed by atoms with E-state index in [2.05, 4.69) is 0 Å². The summed E-state index contributed by atoms with van der Waals surface area (Å²) in [6.45, 7) is 0.177. The largest absolute Gasteiger partial charge is 0.287 e. The van der Waals surface area contributed by atoms with E-state index < -0.39 is 4.92 Å². The van der Waals surface area contributed by atoms with Crippen molar-refractivity contribution in [2.75, 3.05) is 0 Å². The molecule has 5 nitrogen and oxygen atoms in total. The third kappa shape index (κ3) is 2.71. The van der Waals surface area contributed by atoms with Gasteiger partial charge >= 0.3 is 0 Å². The van der Waals surface area contributed by atoms with E-state index in [9.17, 15) is 14.9 Å². The Balaban J connectivity index is 1.87. The quantitative estimate of drug-likeness (QED) is 0.377. The molecule has 0 saturated heterocycles. The summed E-state index contributed by atoms with van der Waals surface area (Å²) in [5.74, 6) is -0.210. The van der Waals surface area contributed by atoms with Gasteiger partial charge in [0.05, 0.1) is 9.80 Å². The van der Waals surface area contributed by atoms with Gasteiger partial charge in [0.2, 0.25) is 17.8 Å². The van der Waals surface area contributed by atoms with E-state index in [4.69, 9.17) is 0 Å². The maximum Gasteiger partial charge on any atom is 0.280 e. The second kappa shape index (κ2) is 5.73. The molecule has 0 radical (unpaired) electrons. The lowest BCUT2D eigenvalue weighted by molar-refractivity contribution is -0.686. The number of ketones is 1. The van der Waals surface area contributed by atoms with Crippen LogP contribution in [-0.4, -0.2) is 10.7 Å². The highest BCUT2D eigenvalue weighted by Crippen LogP contribution is 2.23. The molecule has 21 heavy (non-hydrogen) atoms. The number of para-hydroxylation sites is 1. The number of fused-ring (bicyclic) bond motifs is 1. The van der Waals surface area contributed by atoms with Crippen molar-refractivity contribution in [2.45, 2.75) is 32.2 Å². The third-order valence-electron chi connectivity index (χ3n) is 3.77. The lowest BCUT2D eigenvalue weighted by Gasteiger charge is -2.07. The number of nitro groups is 1. The predicted octanol–water partition coefficient (Wildman–Crippen LogP) is 2.71. The Morgan fingerprint density at radius 3 is 2.86 bits per heavy atom.